The van der Waals surface area contributed by atoms with Crippen molar-refractivity contribution in [3.8, 4) is 5.75 Å². The van der Waals surface area contributed by atoms with Crippen LogP contribution >= 0.6 is 0 Å². The van der Waals surface area contributed by atoms with E-state index in [0.29, 0.717) is 19.4 Å². The standard InChI is InChI=1S/C24H32N2O3/c25-24(28)11-10-21-8-4-5-9-23(21)29-18-22(27)17-26-14-12-20(13-15-26)16-19-6-2-1-3-7-19/h1-9,20,22,27H,10-18H2,(H2,25,28). The maximum atomic E-state index is 11.0. The van der Waals surface area contributed by atoms with E-state index in [-0.39, 0.29) is 12.5 Å². The first-order chi connectivity index (χ1) is 14.1. The molecule has 1 aliphatic rings. The highest BCUT2D eigenvalue weighted by atomic mass is 16.5. The molecule has 1 fully saturated rings. The van der Waals surface area contributed by atoms with E-state index in [4.69, 9.17) is 10.5 Å². The van der Waals surface area contributed by atoms with Gasteiger partial charge in [-0.1, -0.05) is 48.5 Å². The predicted octanol–water partition coefficient (Wildman–Crippen LogP) is 2.80. The lowest BCUT2D eigenvalue weighted by atomic mass is 9.90. The summed E-state index contributed by atoms with van der Waals surface area (Å²) in [4.78, 5) is 13.4. The number of nitrogens with two attached hydrogens (primary N) is 1. The highest BCUT2D eigenvalue weighted by Crippen LogP contribution is 2.22. The number of aryl methyl sites for hydroxylation is 1. The minimum absolute atomic E-state index is 0.248. The quantitative estimate of drug-likeness (QED) is 0.648. The van der Waals surface area contributed by atoms with Crippen molar-refractivity contribution < 1.29 is 14.6 Å². The molecule has 0 bridgehead atoms. The molecule has 29 heavy (non-hydrogen) atoms. The molecule has 3 N–H and O–H groups in total. The average molecular weight is 397 g/mol. The van der Waals surface area contributed by atoms with Crippen molar-refractivity contribution in [3.05, 3.63) is 65.7 Å². The zero-order valence-corrected chi connectivity index (χ0v) is 17.0. The van der Waals surface area contributed by atoms with Gasteiger partial charge in [0.2, 0.25) is 5.91 Å². The van der Waals surface area contributed by atoms with E-state index in [1.54, 1.807) is 0 Å². The lowest BCUT2D eigenvalue weighted by Crippen LogP contribution is -2.41. The van der Waals surface area contributed by atoms with Crippen LogP contribution in [0.3, 0.4) is 0 Å². The minimum atomic E-state index is -0.537. The van der Waals surface area contributed by atoms with Gasteiger partial charge in [-0.3, -0.25) is 4.79 Å². The Bertz CT molecular complexity index is 758. The van der Waals surface area contributed by atoms with Gasteiger partial charge in [-0.2, -0.15) is 0 Å². The summed E-state index contributed by atoms with van der Waals surface area (Å²) in [5, 5.41) is 10.4. The van der Waals surface area contributed by atoms with Crippen molar-refractivity contribution in [2.24, 2.45) is 11.7 Å². The summed E-state index contributed by atoms with van der Waals surface area (Å²) in [6, 6.07) is 18.3. The number of benzene rings is 2. The number of hydrogen-bond acceptors (Lipinski definition) is 4. The molecule has 0 saturated carbocycles. The minimum Gasteiger partial charge on any atom is -0.491 e. The fourth-order valence-corrected chi connectivity index (χ4v) is 3.97. The zero-order valence-electron chi connectivity index (χ0n) is 17.0. The van der Waals surface area contributed by atoms with Gasteiger partial charge in [-0.05, 0) is 61.9 Å². The number of likely N-dealkylation sites (tertiary alicyclic amines) is 1. The molecular formula is C24H32N2O3. The molecule has 0 aliphatic carbocycles. The molecule has 2 aromatic rings. The van der Waals surface area contributed by atoms with Crippen LogP contribution in [0.5, 0.6) is 5.75 Å². The largest absolute Gasteiger partial charge is 0.491 e. The van der Waals surface area contributed by atoms with Crippen molar-refractivity contribution in [2.45, 2.75) is 38.2 Å². The van der Waals surface area contributed by atoms with Gasteiger partial charge in [-0.15, -0.1) is 0 Å². The molecule has 1 amide bonds. The molecule has 1 heterocycles. The van der Waals surface area contributed by atoms with Crippen LogP contribution in [-0.4, -0.2) is 48.3 Å². The second-order valence-corrected chi connectivity index (χ2v) is 7.97. The number of amides is 1. The first kappa shape index (κ1) is 21.3. The number of primary amides is 1. The molecule has 1 unspecified atom stereocenters. The van der Waals surface area contributed by atoms with Crippen LogP contribution in [0, 0.1) is 5.92 Å². The molecule has 1 aliphatic heterocycles. The van der Waals surface area contributed by atoms with Gasteiger partial charge in [-0.25, -0.2) is 0 Å². The Morgan fingerprint density at radius 3 is 2.52 bits per heavy atom. The van der Waals surface area contributed by atoms with Crippen molar-refractivity contribution >= 4 is 5.91 Å². The van der Waals surface area contributed by atoms with Crippen LogP contribution in [0.2, 0.25) is 0 Å². The van der Waals surface area contributed by atoms with Crippen LogP contribution < -0.4 is 10.5 Å². The SMILES string of the molecule is NC(=O)CCc1ccccc1OCC(O)CN1CCC(Cc2ccccc2)CC1. The fourth-order valence-electron chi connectivity index (χ4n) is 3.97. The molecule has 1 saturated heterocycles. The summed E-state index contributed by atoms with van der Waals surface area (Å²) >= 11 is 0. The number of rotatable bonds is 10. The van der Waals surface area contributed by atoms with Crippen LogP contribution in [0.1, 0.15) is 30.4 Å². The summed E-state index contributed by atoms with van der Waals surface area (Å²) in [5.74, 6) is 1.11. The van der Waals surface area contributed by atoms with Gasteiger partial charge in [0.25, 0.3) is 0 Å². The summed E-state index contributed by atoms with van der Waals surface area (Å²) in [6.45, 7) is 2.91. The van der Waals surface area contributed by atoms with Crippen LogP contribution in [0.15, 0.2) is 54.6 Å². The van der Waals surface area contributed by atoms with Gasteiger partial charge < -0.3 is 20.5 Å². The van der Waals surface area contributed by atoms with E-state index in [2.05, 4.69) is 35.2 Å². The lowest BCUT2D eigenvalue weighted by molar-refractivity contribution is -0.117. The molecule has 2 aromatic carbocycles. The lowest BCUT2D eigenvalue weighted by Gasteiger charge is -2.33. The Balaban J connectivity index is 1.39. The average Bonchev–Trinajstić information content (AvgIpc) is 2.73. The van der Waals surface area contributed by atoms with Gasteiger partial charge >= 0.3 is 0 Å². The van der Waals surface area contributed by atoms with Gasteiger partial charge in [0.1, 0.15) is 18.5 Å². The number of para-hydroxylation sites is 1. The third-order valence-corrected chi connectivity index (χ3v) is 5.59. The normalized spacial score (nSPS) is 16.4. The Hall–Kier alpha value is -2.37. The van der Waals surface area contributed by atoms with Gasteiger partial charge in [0.15, 0.2) is 0 Å². The number of carbonyl (C=O) groups excluding carboxylic acids is 1. The molecular weight excluding hydrogens is 364 g/mol. The summed E-state index contributed by atoms with van der Waals surface area (Å²) < 4.78 is 5.84. The Labute approximate surface area is 173 Å². The predicted molar refractivity (Wildman–Crippen MR) is 115 cm³/mol. The molecule has 5 nitrogen and oxygen atoms in total. The van der Waals surface area contributed by atoms with E-state index in [1.165, 1.54) is 18.4 Å². The van der Waals surface area contributed by atoms with Crippen LogP contribution in [0.25, 0.3) is 0 Å². The topological polar surface area (TPSA) is 75.8 Å². The summed E-state index contributed by atoms with van der Waals surface area (Å²) in [7, 11) is 0. The van der Waals surface area contributed by atoms with Crippen molar-refractivity contribution in [3.63, 3.8) is 0 Å². The number of ether oxygens (including phenoxy) is 1. The maximum absolute atomic E-state index is 11.0. The fraction of sp³-hybridized carbons (Fsp3) is 0.458. The number of nitrogens with zero attached hydrogens (tertiary/aromatic N) is 1. The Morgan fingerprint density at radius 1 is 1.10 bits per heavy atom. The number of aliphatic hydroxyl groups is 1. The highest BCUT2D eigenvalue weighted by molar-refractivity contribution is 5.74. The van der Waals surface area contributed by atoms with Crippen molar-refractivity contribution in [2.75, 3.05) is 26.2 Å². The summed E-state index contributed by atoms with van der Waals surface area (Å²) in [6.07, 6.45) is 3.78. The number of β-amino-alcohol motifs (C(OH)–C–C–N with tert-alkyl or cyclic N) is 1. The Morgan fingerprint density at radius 2 is 1.79 bits per heavy atom. The van der Waals surface area contributed by atoms with Crippen LogP contribution in [0.4, 0.5) is 0 Å². The third-order valence-electron chi connectivity index (χ3n) is 5.59. The molecule has 0 radical (unpaired) electrons. The third kappa shape index (κ3) is 7.18. The first-order valence-corrected chi connectivity index (χ1v) is 10.5. The second-order valence-electron chi connectivity index (χ2n) is 7.97. The molecule has 0 aromatic heterocycles. The monoisotopic (exact) mass is 396 g/mol. The number of aliphatic hydroxyl groups excluding tert-OH is 1. The van der Waals surface area contributed by atoms with Gasteiger partial charge in [0, 0.05) is 13.0 Å². The summed E-state index contributed by atoms with van der Waals surface area (Å²) in [5.41, 5.74) is 7.60. The van der Waals surface area contributed by atoms with Crippen molar-refractivity contribution in [1.29, 1.82) is 0 Å². The number of hydrogen-bond donors (Lipinski definition) is 2. The zero-order chi connectivity index (χ0) is 20.5. The maximum Gasteiger partial charge on any atom is 0.217 e. The van der Waals surface area contributed by atoms with E-state index in [0.717, 1.165) is 36.7 Å². The van der Waals surface area contributed by atoms with E-state index < -0.39 is 6.10 Å². The second kappa shape index (κ2) is 11.0. The van der Waals surface area contributed by atoms with Gasteiger partial charge in [0.05, 0.1) is 0 Å². The Kier molecular flexibility index (Phi) is 8.08. The molecule has 3 rings (SSSR count). The van der Waals surface area contributed by atoms with Crippen LogP contribution in [-0.2, 0) is 17.6 Å². The van der Waals surface area contributed by atoms with Crippen molar-refractivity contribution in [1.82, 2.24) is 4.90 Å². The highest BCUT2D eigenvalue weighted by Gasteiger charge is 2.21. The molecule has 5 heteroatoms. The number of piperidine rings is 1. The molecule has 0 spiro atoms. The van der Waals surface area contributed by atoms with E-state index in [9.17, 15) is 9.90 Å². The smallest absolute Gasteiger partial charge is 0.217 e. The number of carbonyl (C=O) groups is 1. The van der Waals surface area contributed by atoms with E-state index in [1.807, 2.05) is 24.3 Å². The molecule has 1 atom stereocenters. The van der Waals surface area contributed by atoms with E-state index >= 15 is 0 Å². The molecule has 156 valence electrons. The first-order valence-electron chi connectivity index (χ1n) is 10.5.